The molecule has 0 aliphatic heterocycles. The van der Waals surface area contributed by atoms with Crippen LogP contribution in [0.25, 0.3) is 38.6 Å². The predicted octanol–water partition coefficient (Wildman–Crippen LogP) is 5.17. The third-order valence-corrected chi connectivity index (χ3v) is 5.76. The Labute approximate surface area is 176 Å². The molecule has 0 radical (unpaired) electrons. The Balaban J connectivity index is 0.00000117. The number of halogens is 1. The van der Waals surface area contributed by atoms with Crippen LogP contribution in [-0.4, -0.2) is 16.3 Å². The molecule has 0 aliphatic carbocycles. The largest absolute Gasteiger partial charge is 0.461 e. The summed E-state index contributed by atoms with van der Waals surface area (Å²) >= 11 is 3.56. The van der Waals surface area contributed by atoms with E-state index in [0.29, 0.717) is 21.7 Å². The van der Waals surface area contributed by atoms with Gasteiger partial charge in [-0.2, -0.15) is 0 Å². The van der Waals surface area contributed by atoms with Crippen LogP contribution in [0.3, 0.4) is 0 Å². The molecule has 0 saturated heterocycles. The average molecular weight is 458 g/mol. The highest BCUT2D eigenvalue weighted by Gasteiger charge is 2.19. The van der Waals surface area contributed by atoms with Crippen molar-refractivity contribution in [2.45, 2.75) is 40.7 Å². The first-order valence-corrected chi connectivity index (χ1v) is 10.6. The number of aliphatic hydroxyl groups is 1. The Hall–Kier alpha value is -2.44. The van der Waals surface area contributed by atoms with Crippen LogP contribution in [0.4, 0.5) is 0 Å². The van der Waals surface area contributed by atoms with Crippen molar-refractivity contribution < 1.29 is 9.52 Å². The Kier molecular flexibility index (Phi) is 6.24. The van der Waals surface area contributed by atoms with E-state index >= 15 is 0 Å². The van der Waals surface area contributed by atoms with Crippen LogP contribution in [0.5, 0.6) is 0 Å². The summed E-state index contributed by atoms with van der Waals surface area (Å²) < 4.78 is 8.15. The van der Waals surface area contributed by atoms with Gasteiger partial charge in [0.2, 0.25) is 0 Å². The number of pyridine rings is 1. The Morgan fingerprint density at radius 3 is 2.24 bits per heavy atom. The van der Waals surface area contributed by atoms with Crippen molar-refractivity contribution in [3.63, 3.8) is 0 Å². The van der Waals surface area contributed by atoms with Crippen LogP contribution in [-0.2, 0) is 6.54 Å². The van der Waals surface area contributed by atoms with Crippen LogP contribution < -0.4 is 11.1 Å². The summed E-state index contributed by atoms with van der Waals surface area (Å²) in [7, 11) is 0. The molecule has 0 fully saturated rings. The van der Waals surface area contributed by atoms with Gasteiger partial charge in [-0.25, -0.2) is 0 Å². The lowest BCUT2D eigenvalue weighted by Crippen LogP contribution is -2.34. The SMILES string of the molecule is CC.CC/C(Br)=C\c1c(C)oc2ccc3c(=O)n(CCO)c(=O)c4ccc1c2c34. The Morgan fingerprint density at radius 2 is 1.66 bits per heavy atom. The van der Waals surface area contributed by atoms with Crippen LogP contribution in [0.2, 0.25) is 0 Å². The van der Waals surface area contributed by atoms with Gasteiger partial charge in [0.05, 0.1) is 13.2 Å². The molecule has 0 bridgehead atoms. The molecule has 0 unspecified atom stereocenters. The lowest BCUT2D eigenvalue weighted by Gasteiger charge is -2.15. The molecule has 2 aromatic carbocycles. The van der Waals surface area contributed by atoms with Crippen LogP contribution >= 0.6 is 15.9 Å². The quantitative estimate of drug-likeness (QED) is 0.428. The van der Waals surface area contributed by atoms with Gasteiger partial charge in [-0.3, -0.25) is 14.2 Å². The summed E-state index contributed by atoms with van der Waals surface area (Å²) in [5.41, 5.74) is 0.799. The number of aliphatic hydroxyl groups excluding tert-OH is 1. The molecule has 152 valence electrons. The standard InChI is InChI=1S/C21H18BrNO4.C2H6/c1-3-12(22)10-16-11(2)27-17-7-6-15-18-14(5-4-13(16)19(17)18)20(25)23(8-9-24)21(15)26;1-2/h4-7,10,24H,3,8-9H2,1-2H3;1-2H3/b12-10+;. The van der Waals surface area contributed by atoms with E-state index in [1.165, 1.54) is 0 Å². The van der Waals surface area contributed by atoms with Crippen molar-refractivity contribution in [3.05, 3.63) is 60.8 Å². The smallest absolute Gasteiger partial charge is 0.261 e. The number of hydrogen-bond acceptors (Lipinski definition) is 4. The van der Waals surface area contributed by atoms with E-state index in [0.717, 1.165) is 37.6 Å². The third-order valence-electron chi connectivity index (χ3n) is 4.97. The van der Waals surface area contributed by atoms with E-state index in [1.807, 2.05) is 32.9 Å². The minimum absolute atomic E-state index is 0.0188. The minimum atomic E-state index is -0.386. The van der Waals surface area contributed by atoms with Crippen LogP contribution in [0, 0.1) is 6.92 Å². The maximum Gasteiger partial charge on any atom is 0.261 e. The second-order valence-corrected chi connectivity index (χ2v) is 7.54. The van der Waals surface area contributed by atoms with Gasteiger partial charge in [-0.05, 0) is 47.5 Å². The molecule has 2 heterocycles. The second kappa shape index (κ2) is 8.51. The fourth-order valence-electron chi connectivity index (χ4n) is 3.66. The number of allylic oxidation sites excluding steroid dienone is 1. The van der Waals surface area contributed by atoms with Gasteiger partial charge >= 0.3 is 0 Å². The Bertz CT molecular complexity index is 1300. The van der Waals surface area contributed by atoms with Gasteiger partial charge in [0.1, 0.15) is 11.3 Å². The molecule has 2 aromatic heterocycles. The molecule has 0 atom stereocenters. The summed E-state index contributed by atoms with van der Waals surface area (Å²) in [5.74, 6) is 0.770. The highest BCUT2D eigenvalue weighted by molar-refractivity contribution is 9.11. The molecule has 6 heteroatoms. The van der Waals surface area contributed by atoms with E-state index in [-0.39, 0.29) is 24.3 Å². The average Bonchev–Trinajstić information content (AvgIpc) is 2.74. The molecule has 0 aliphatic rings. The molecular formula is C23H24BrNO4. The van der Waals surface area contributed by atoms with Crippen molar-refractivity contribution in [1.29, 1.82) is 0 Å². The zero-order valence-corrected chi connectivity index (χ0v) is 18.6. The molecule has 0 spiro atoms. The number of hydrogen-bond donors (Lipinski definition) is 1. The van der Waals surface area contributed by atoms with Crippen molar-refractivity contribution >= 4 is 54.5 Å². The fraction of sp³-hybridized carbons (Fsp3) is 0.304. The molecule has 4 aromatic rings. The molecule has 29 heavy (non-hydrogen) atoms. The first-order valence-electron chi connectivity index (χ1n) is 9.79. The molecule has 0 amide bonds. The van der Waals surface area contributed by atoms with Gasteiger partial charge in [-0.15, -0.1) is 0 Å². The third kappa shape index (κ3) is 3.40. The van der Waals surface area contributed by atoms with Crippen molar-refractivity contribution in [2.75, 3.05) is 6.61 Å². The number of benzene rings is 2. The van der Waals surface area contributed by atoms with Gasteiger partial charge in [0.25, 0.3) is 11.1 Å². The van der Waals surface area contributed by atoms with Crippen molar-refractivity contribution in [1.82, 2.24) is 4.57 Å². The maximum atomic E-state index is 12.8. The lowest BCUT2D eigenvalue weighted by molar-refractivity contribution is 0.273. The highest BCUT2D eigenvalue weighted by Crippen LogP contribution is 2.36. The van der Waals surface area contributed by atoms with E-state index < -0.39 is 0 Å². The lowest BCUT2D eigenvalue weighted by atomic mass is 9.95. The Morgan fingerprint density at radius 1 is 1.07 bits per heavy atom. The van der Waals surface area contributed by atoms with E-state index in [2.05, 4.69) is 22.9 Å². The monoisotopic (exact) mass is 457 g/mol. The summed E-state index contributed by atoms with van der Waals surface area (Å²) in [6, 6.07) is 7.13. The maximum absolute atomic E-state index is 12.8. The van der Waals surface area contributed by atoms with Gasteiger partial charge in [0.15, 0.2) is 0 Å². The van der Waals surface area contributed by atoms with Crippen molar-refractivity contribution in [2.24, 2.45) is 0 Å². The second-order valence-electron chi connectivity index (χ2n) is 6.52. The molecule has 5 nitrogen and oxygen atoms in total. The number of aromatic nitrogens is 1. The van der Waals surface area contributed by atoms with E-state index in [9.17, 15) is 14.7 Å². The van der Waals surface area contributed by atoms with Gasteiger partial charge < -0.3 is 9.52 Å². The minimum Gasteiger partial charge on any atom is -0.461 e. The fourth-order valence-corrected chi connectivity index (χ4v) is 3.89. The van der Waals surface area contributed by atoms with E-state index in [1.54, 1.807) is 18.2 Å². The van der Waals surface area contributed by atoms with E-state index in [4.69, 9.17) is 4.42 Å². The van der Waals surface area contributed by atoms with Gasteiger partial charge in [-0.1, -0.05) is 42.8 Å². The van der Waals surface area contributed by atoms with Crippen LogP contribution in [0.15, 0.2) is 42.8 Å². The number of rotatable bonds is 4. The normalized spacial score (nSPS) is 12.0. The molecular weight excluding hydrogens is 434 g/mol. The zero-order valence-electron chi connectivity index (χ0n) is 17.0. The number of aryl methyl sites for hydroxylation is 1. The van der Waals surface area contributed by atoms with Gasteiger partial charge in [0, 0.05) is 27.1 Å². The first kappa shape index (κ1) is 21.3. The predicted molar refractivity (Wildman–Crippen MR) is 123 cm³/mol. The van der Waals surface area contributed by atoms with Crippen molar-refractivity contribution in [3.8, 4) is 0 Å². The topological polar surface area (TPSA) is 72.4 Å². The summed E-state index contributed by atoms with van der Waals surface area (Å²) in [6.45, 7) is 7.67. The molecule has 4 rings (SSSR count). The molecule has 1 N–H and O–H groups in total. The summed E-state index contributed by atoms with van der Waals surface area (Å²) in [6.07, 6.45) is 2.87. The summed E-state index contributed by atoms with van der Waals surface area (Å²) in [4.78, 5) is 25.6. The first-order chi connectivity index (χ1) is 14.0. The van der Waals surface area contributed by atoms with Crippen LogP contribution in [0.1, 0.15) is 38.5 Å². The highest BCUT2D eigenvalue weighted by atomic mass is 79.9. The zero-order chi connectivity index (χ0) is 21.3. The number of nitrogens with zero attached hydrogens (tertiary/aromatic N) is 1. The summed E-state index contributed by atoms with van der Waals surface area (Å²) in [5, 5.41) is 12.5. The molecule has 0 saturated carbocycles.